The number of likely N-dealkylation sites (N-methyl/N-ethyl adjacent to an activating group) is 1. The molecule has 0 bridgehead atoms. The van der Waals surface area contributed by atoms with Crippen LogP contribution in [0.3, 0.4) is 0 Å². The molecule has 1 N–H and O–H groups in total. The molecule has 7 heteroatoms. The largest absolute Gasteiger partial charge is 0.492 e. The predicted octanol–water partition coefficient (Wildman–Crippen LogP) is 2.16. The van der Waals surface area contributed by atoms with Gasteiger partial charge in [-0.25, -0.2) is 4.98 Å². The minimum atomic E-state index is 0.557. The zero-order valence-electron chi connectivity index (χ0n) is 13.7. The van der Waals surface area contributed by atoms with Crippen molar-refractivity contribution in [2.45, 2.75) is 6.54 Å². The zero-order chi connectivity index (χ0) is 16.7. The molecule has 23 heavy (non-hydrogen) atoms. The fraction of sp³-hybridized carbons (Fsp3) is 0.375. The second-order valence-electron chi connectivity index (χ2n) is 5.08. The van der Waals surface area contributed by atoms with Gasteiger partial charge < -0.3 is 19.5 Å². The van der Waals surface area contributed by atoms with E-state index >= 15 is 0 Å². The van der Waals surface area contributed by atoms with Gasteiger partial charge in [0.05, 0.1) is 13.1 Å². The summed E-state index contributed by atoms with van der Waals surface area (Å²) in [6, 6.07) is 7.34. The summed E-state index contributed by atoms with van der Waals surface area (Å²) in [6.45, 7) is 1.89. The van der Waals surface area contributed by atoms with Crippen molar-refractivity contribution < 1.29 is 4.74 Å². The predicted molar refractivity (Wildman–Crippen MR) is 93.0 cm³/mol. The van der Waals surface area contributed by atoms with Crippen molar-refractivity contribution in [2.24, 2.45) is 12.0 Å². The van der Waals surface area contributed by atoms with E-state index in [4.69, 9.17) is 16.3 Å². The Morgan fingerprint density at radius 2 is 2.13 bits per heavy atom. The number of ether oxygens (including phenoxy) is 1. The maximum absolute atomic E-state index is 5.85. The van der Waals surface area contributed by atoms with Gasteiger partial charge in [-0.3, -0.25) is 4.99 Å². The van der Waals surface area contributed by atoms with Crippen LogP contribution in [0.1, 0.15) is 5.82 Å². The zero-order valence-corrected chi connectivity index (χ0v) is 14.4. The molecule has 124 valence electrons. The lowest BCUT2D eigenvalue weighted by Crippen LogP contribution is -2.40. The number of imidazole rings is 1. The maximum Gasteiger partial charge on any atom is 0.193 e. The third kappa shape index (κ3) is 5.17. The molecule has 0 radical (unpaired) electrons. The third-order valence-corrected chi connectivity index (χ3v) is 3.66. The van der Waals surface area contributed by atoms with Gasteiger partial charge in [-0.2, -0.15) is 0 Å². The molecule has 0 unspecified atom stereocenters. The lowest BCUT2D eigenvalue weighted by atomic mass is 10.3. The first-order valence-electron chi connectivity index (χ1n) is 7.36. The second-order valence-corrected chi connectivity index (χ2v) is 5.52. The van der Waals surface area contributed by atoms with E-state index in [0.29, 0.717) is 24.7 Å². The monoisotopic (exact) mass is 335 g/mol. The number of benzene rings is 1. The van der Waals surface area contributed by atoms with Crippen LogP contribution in [0.25, 0.3) is 0 Å². The summed E-state index contributed by atoms with van der Waals surface area (Å²) in [7, 11) is 5.70. The molecule has 0 spiro atoms. The molecule has 0 aliphatic heterocycles. The fourth-order valence-corrected chi connectivity index (χ4v) is 2.17. The highest BCUT2D eigenvalue weighted by molar-refractivity contribution is 6.30. The van der Waals surface area contributed by atoms with E-state index in [0.717, 1.165) is 17.5 Å². The van der Waals surface area contributed by atoms with Crippen LogP contribution in [0.15, 0.2) is 41.7 Å². The summed E-state index contributed by atoms with van der Waals surface area (Å²) in [5.74, 6) is 2.56. The summed E-state index contributed by atoms with van der Waals surface area (Å²) >= 11 is 5.85. The molecule has 2 aromatic rings. The van der Waals surface area contributed by atoms with Crippen LogP contribution in [0, 0.1) is 0 Å². The fourth-order valence-electron chi connectivity index (χ4n) is 2.05. The van der Waals surface area contributed by atoms with Crippen molar-refractivity contribution in [1.29, 1.82) is 0 Å². The van der Waals surface area contributed by atoms with E-state index < -0.39 is 0 Å². The minimum Gasteiger partial charge on any atom is -0.492 e. The van der Waals surface area contributed by atoms with Gasteiger partial charge in [-0.1, -0.05) is 11.6 Å². The van der Waals surface area contributed by atoms with Crippen molar-refractivity contribution in [1.82, 2.24) is 19.8 Å². The Morgan fingerprint density at radius 3 is 2.74 bits per heavy atom. The van der Waals surface area contributed by atoms with Gasteiger partial charge in [0.2, 0.25) is 0 Å². The van der Waals surface area contributed by atoms with Crippen molar-refractivity contribution in [3.63, 3.8) is 0 Å². The van der Waals surface area contributed by atoms with Gasteiger partial charge in [0.1, 0.15) is 18.2 Å². The summed E-state index contributed by atoms with van der Waals surface area (Å²) in [6.07, 6.45) is 3.70. The number of aryl methyl sites for hydroxylation is 1. The molecule has 2 rings (SSSR count). The number of aromatic nitrogens is 2. The van der Waals surface area contributed by atoms with E-state index in [2.05, 4.69) is 15.3 Å². The molecule has 0 atom stereocenters. The highest BCUT2D eigenvalue weighted by atomic mass is 35.5. The van der Waals surface area contributed by atoms with Crippen LogP contribution in [0.2, 0.25) is 5.02 Å². The molecule has 1 heterocycles. The smallest absolute Gasteiger partial charge is 0.193 e. The molecule has 0 saturated carbocycles. The van der Waals surface area contributed by atoms with Crippen LogP contribution in [0.4, 0.5) is 0 Å². The van der Waals surface area contributed by atoms with Gasteiger partial charge in [-0.05, 0) is 24.3 Å². The number of guanidine groups is 1. The quantitative estimate of drug-likeness (QED) is 0.649. The van der Waals surface area contributed by atoms with E-state index in [9.17, 15) is 0 Å². The van der Waals surface area contributed by atoms with Crippen LogP contribution >= 0.6 is 11.6 Å². The first-order chi connectivity index (χ1) is 11.1. The molecular formula is C16H22ClN5O. The Balaban J connectivity index is 1.77. The number of halogens is 1. The normalized spacial score (nSPS) is 11.4. The van der Waals surface area contributed by atoms with Crippen molar-refractivity contribution in [3.8, 4) is 5.75 Å². The van der Waals surface area contributed by atoms with Gasteiger partial charge in [-0.15, -0.1) is 0 Å². The van der Waals surface area contributed by atoms with Crippen LogP contribution in [0.5, 0.6) is 5.75 Å². The Morgan fingerprint density at radius 1 is 1.39 bits per heavy atom. The minimum absolute atomic E-state index is 0.557. The Labute approximate surface area is 141 Å². The SMILES string of the molecule is CN=C(NCc1nccn1C)N(C)CCOc1ccc(Cl)cc1. The van der Waals surface area contributed by atoms with Crippen LogP contribution in [-0.4, -0.2) is 47.7 Å². The number of rotatable bonds is 6. The molecule has 0 aliphatic rings. The first kappa shape index (κ1) is 17.1. The van der Waals surface area contributed by atoms with E-state index in [-0.39, 0.29) is 0 Å². The van der Waals surface area contributed by atoms with Gasteiger partial charge in [0, 0.05) is 38.6 Å². The average molecular weight is 336 g/mol. The van der Waals surface area contributed by atoms with E-state index in [1.165, 1.54) is 0 Å². The third-order valence-electron chi connectivity index (χ3n) is 3.41. The highest BCUT2D eigenvalue weighted by Gasteiger charge is 2.07. The number of hydrogen-bond acceptors (Lipinski definition) is 3. The molecular weight excluding hydrogens is 314 g/mol. The lowest BCUT2D eigenvalue weighted by molar-refractivity contribution is 0.281. The molecule has 0 saturated heterocycles. The van der Waals surface area contributed by atoms with E-state index in [1.807, 2.05) is 54.0 Å². The number of nitrogens with zero attached hydrogens (tertiary/aromatic N) is 4. The van der Waals surface area contributed by atoms with Crippen LogP contribution < -0.4 is 10.1 Å². The number of hydrogen-bond donors (Lipinski definition) is 1. The number of nitrogens with one attached hydrogen (secondary N) is 1. The van der Waals surface area contributed by atoms with Crippen molar-refractivity contribution in [2.75, 3.05) is 27.2 Å². The standard InChI is InChI=1S/C16H22ClN5O/c1-18-16(20-12-15-19-8-9-21(15)2)22(3)10-11-23-14-6-4-13(17)5-7-14/h4-9H,10-12H2,1-3H3,(H,18,20). The highest BCUT2D eigenvalue weighted by Crippen LogP contribution is 2.15. The molecule has 1 aromatic carbocycles. The number of aliphatic imine (C=N–C) groups is 1. The molecule has 6 nitrogen and oxygen atoms in total. The van der Waals surface area contributed by atoms with Gasteiger partial charge in [0.25, 0.3) is 0 Å². The second kappa shape index (κ2) is 8.43. The lowest BCUT2D eigenvalue weighted by Gasteiger charge is -2.22. The first-order valence-corrected chi connectivity index (χ1v) is 7.74. The Kier molecular flexibility index (Phi) is 6.29. The van der Waals surface area contributed by atoms with E-state index in [1.54, 1.807) is 13.2 Å². The molecule has 0 aliphatic carbocycles. The van der Waals surface area contributed by atoms with Gasteiger partial charge in [0.15, 0.2) is 5.96 Å². The Hall–Kier alpha value is -2.21. The molecule has 0 amide bonds. The molecule has 0 fully saturated rings. The van der Waals surface area contributed by atoms with Crippen LogP contribution in [-0.2, 0) is 13.6 Å². The summed E-state index contributed by atoms with van der Waals surface area (Å²) < 4.78 is 7.67. The summed E-state index contributed by atoms with van der Waals surface area (Å²) in [5.41, 5.74) is 0. The summed E-state index contributed by atoms with van der Waals surface area (Å²) in [5, 5.41) is 3.99. The maximum atomic E-state index is 5.85. The van der Waals surface area contributed by atoms with Gasteiger partial charge >= 0.3 is 0 Å². The van der Waals surface area contributed by atoms with Crippen molar-refractivity contribution >= 4 is 17.6 Å². The Bertz CT molecular complexity index is 638. The van der Waals surface area contributed by atoms with Crippen molar-refractivity contribution in [3.05, 3.63) is 47.5 Å². The average Bonchev–Trinajstić information content (AvgIpc) is 2.95. The molecule has 1 aromatic heterocycles. The topological polar surface area (TPSA) is 54.7 Å². The summed E-state index contributed by atoms with van der Waals surface area (Å²) in [4.78, 5) is 10.6.